The topological polar surface area (TPSA) is 78.4 Å². The van der Waals surface area contributed by atoms with Crippen LogP contribution in [-0.2, 0) is 6.61 Å². The van der Waals surface area contributed by atoms with E-state index in [1.165, 1.54) is 6.21 Å². The number of hydrogen-bond donors (Lipinski definition) is 1. The second kappa shape index (κ2) is 13.4. The van der Waals surface area contributed by atoms with E-state index in [1.807, 2.05) is 50.2 Å². The van der Waals surface area contributed by atoms with Crippen molar-refractivity contribution in [1.29, 1.82) is 0 Å². The van der Waals surface area contributed by atoms with Gasteiger partial charge in [0, 0.05) is 5.56 Å². The summed E-state index contributed by atoms with van der Waals surface area (Å²) in [5.74, 6) is 1.90. The number of carbonyl (C=O) groups is 1. The second-order valence-electron chi connectivity index (χ2n) is 7.45. The number of methoxy groups -OCH3 is 1. The van der Waals surface area contributed by atoms with E-state index in [0.717, 1.165) is 22.0 Å². The summed E-state index contributed by atoms with van der Waals surface area (Å²) >= 11 is 3.50. The SMILES string of the molecule is CCCOc1c(Br)cc(/C=N/NC(=O)c2ccc(OCc3ccccc3)c(OCC)c2)cc1OC. The van der Waals surface area contributed by atoms with Crippen molar-refractivity contribution < 1.29 is 23.7 Å². The molecule has 0 aliphatic carbocycles. The zero-order chi connectivity index (χ0) is 25.0. The third-order valence-electron chi connectivity index (χ3n) is 4.82. The van der Waals surface area contributed by atoms with Crippen molar-refractivity contribution in [2.24, 2.45) is 5.10 Å². The summed E-state index contributed by atoms with van der Waals surface area (Å²) in [7, 11) is 1.58. The summed E-state index contributed by atoms with van der Waals surface area (Å²) in [5.41, 5.74) is 4.72. The Morgan fingerprint density at radius 3 is 2.49 bits per heavy atom. The van der Waals surface area contributed by atoms with Crippen molar-refractivity contribution in [3.63, 3.8) is 0 Å². The molecule has 184 valence electrons. The summed E-state index contributed by atoms with van der Waals surface area (Å²) in [6, 6.07) is 18.5. The van der Waals surface area contributed by atoms with Crippen LogP contribution in [0, 0.1) is 0 Å². The Morgan fingerprint density at radius 1 is 0.971 bits per heavy atom. The van der Waals surface area contributed by atoms with Crippen molar-refractivity contribution >= 4 is 28.1 Å². The van der Waals surface area contributed by atoms with Gasteiger partial charge < -0.3 is 18.9 Å². The summed E-state index contributed by atoms with van der Waals surface area (Å²) in [5, 5.41) is 4.09. The number of halogens is 1. The zero-order valence-corrected chi connectivity index (χ0v) is 21.6. The first-order chi connectivity index (χ1) is 17.0. The van der Waals surface area contributed by atoms with E-state index in [9.17, 15) is 4.79 Å². The molecule has 3 aromatic rings. The molecule has 1 N–H and O–H groups in total. The van der Waals surface area contributed by atoms with Crippen LogP contribution in [0.25, 0.3) is 0 Å². The fourth-order valence-corrected chi connectivity index (χ4v) is 3.73. The standard InChI is InChI=1S/C27H29BrN2O5/c1-4-13-34-26-22(28)14-20(15-25(26)32-3)17-29-30-27(31)21-11-12-23(24(16-21)33-5-2)35-18-19-9-7-6-8-10-19/h6-12,14-17H,4-5,13,18H2,1-3H3,(H,30,31)/b29-17+. The van der Waals surface area contributed by atoms with Crippen LogP contribution in [0.1, 0.15) is 41.8 Å². The molecule has 35 heavy (non-hydrogen) atoms. The molecule has 0 saturated heterocycles. The van der Waals surface area contributed by atoms with E-state index in [0.29, 0.717) is 48.4 Å². The molecule has 0 aliphatic rings. The van der Waals surface area contributed by atoms with Gasteiger partial charge in [0.2, 0.25) is 0 Å². The summed E-state index contributed by atoms with van der Waals surface area (Å²) in [6.45, 7) is 5.34. The van der Waals surface area contributed by atoms with Gasteiger partial charge in [-0.1, -0.05) is 37.3 Å². The fraction of sp³-hybridized carbons (Fsp3) is 0.259. The predicted molar refractivity (Wildman–Crippen MR) is 140 cm³/mol. The third-order valence-corrected chi connectivity index (χ3v) is 5.41. The maximum Gasteiger partial charge on any atom is 0.271 e. The van der Waals surface area contributed by atoms with Crippen LogP contribution in [0.4, 0.5) is 0 Å². The zero-order valence-electron chi connectivity index (χ0n) is 20.0. The van der Waals surface area contributed by atoms with Crippen LogP contribution < -0.4 is 24.4 Å². The maximum atomic E-state index is 12.7. The largest absolute Gasteiger partial charge is 0.493 e. The van der Waals surface area contributed by atoms with E-state index >= 15 is 0 Å². The number of carbonyl (C=O) groups excluding carboxylic acids is 1. The second-order valence-corrected chi connectivity index (χ2v) is 8.30. The van der Waals surface area contributed by atoms with E-state index < -0.39 is 0 Å². The summed E-state index contributed by atoms with van der Waals surface area (Å²) in [6.07, 6.45) is 2.42. The van der Waals surface area contributed by atoms with Crippen LogP contribution in [0.3, 0.4) is 0 Å². The molecule has 0 unspecified atom stereocenters. The van der Waals surface area contributed by atoms with Crippen molar-refractivity contribution in [2.45, 2.75) is 26.9 Å². The van der Waals surface area contributed by atoms with Gasteiger partial charge in [-0.2, -0.15) is 5.10 Å². The van der Waals surface area contributed by atoms with Gasteiger partial charge in [0.25, 0.3) is 5.91 Å². The predicted octanol–water partition coefficient (Wildman–Crippen LogP) is 5.99. The first kappa shape index (κ1) is 26.1. The molecule has 0 saturated carbocycles. The molecule has 0 atom stereocenters. The molecular weight excluding hydrogens is 512 g/mol. The van der Waals surface area contributed by atoms with Crippen LogP contribution in [0.5, 0.6) is 23.0 Å². The third kappa shape index (κ3) is 7.48. The molecule has 0 bridgehead atoms. The minimum absolute atomic E-state index is 0.370. The molecule has 3 rings (SSSR count). The number of ether oxygens (including phenoxy) is 4. The number of nitrogens with zero attached hydrogens (tertiary/aromatic N) is 1. The molecule has 3 aromatic carbocycles. The van der Waals surface area contributed by atoms with Crippen molar-refractivity contribution in [1.82, 2.24) is 5.43 Å². The smallest absolute Gasteiger partial charge is 0.271 e. The van der Waals surface area contributed by atoms with E-state index in [2.05, 4.69) is 26.5 Å². The van der Waals surface area contributed by atoms with Crippen LogP contribution in [0.2, 0.25) is 0 Å². The quantitative estimate of drug-likeness (QED) is 0.225. The van der Waals surface area contributed by atoms with E-state index in [4.69, 9.17) is 18.9 Å². The van der Waals surface area contributed by atoms with Crippen molar-refractivity contribution in [2.75, 3.05) is 20.3 Å². The average molecular weight is 541 g/mol. The van der Waals surface area contributed by atoms with Gasteiger partial charge in [0.1, 0.15) is 6.61 Å². The minimum Gasteiger partial charge on any atom is -0.493 e. The highest BCUT2D eigenvalue weighted by atomic mass is 79.9. The maximum absolute atomic E-state index is 12.7. The summed E-state index contributed by atoms with van der Waals surface area (Å²) in [4.78, 5) is 12.7. The lowest BCUT2D eigenvalue weighted by Gasteiger charge is -2.13. The van der Waals surface area contributed by atoms with E-state index in [1.54, 1.807) is 31.4 Å². The van der Waals surface area contributed by atoms with Crippen LogP contribution >= 0.6 is 15.9 Å². The molecule has 0 aromatic heterocycles. The Bertz CT molecular complexity index is 1150. The van der Waals surface area contributed by atoms with Crippen LogP contribution in [0.15, 0.2) is 70.2 Å². The van der Waals surface area contributed by atoms with Crippen LogP contribution in [-0.4, -0.2) is 32.4 Å². The minimum atomic E-state index is -0.370. The average Bonchev–Trinajstić information content (AvgIpc) is 2.87. The van der Waals surface area contributed by atoms with E-state index in [-0.39, 0.29) is 5.91 Å². The Morgan fingerprint density at radius 2 is 1.77 bits per heavy atom. The van der Waals surface area contributed by atoms with Gasteiger partial charge in [0.15, 0.2) is 23.0 Å². The highest BCUT2D eigenvalue weighted by Gasteiger charge is 2.13. The lowest BCUT2D eigenvalue weighted by atomic mass is 10.2. The van der Waals surface area contributed by atoms with Gasteiger partial charge in [-0.25, -0.2) is 5.43 Å². The highest BCUT2D eigenvalue weighted by Crippen LogP contribution is 2.36. The molecule has 0 fully saturated rings. The molecule has 0 radical (unpaired) electrons. The van der Waals surface area contributed by atoms with Crippen molar-refractivity contribution in [3.8, 4) is 23.0 Å². The Balaban J connectivity index is 1.68. The number of hydrogen-bond acceptors (Lipinski definition) is 6. The number of benzene rings is 3. The molecule has 8 heteroatoms. The Hall–Kier alpha value is -3.52. The first-order valence-electron chi connectivity index (χ1n) is 11.3. The molecule has 0 heterocycles. The lowest BCUT2D eigenvalue weighted by Crippen LogP contribution is -2.17. The molecule has 0 spiro atoms. The molecule has 7 nitrogen and oxygen atoms in total. The summed E-state index contributed by atoms with van der Waals surface area (Å²) < 4.78 is 23.5. The number of amides is 1. The number of rotatable bonds is 12. The van der Waals surface area contributed by atoms with Gasteiger partial charge in [-0.3, -0.25) is 4.79 Å². The van der Waals surface area contributed by atoms with Gasteiger partial charge in [-0.05, 0) is 70.7 Å². The molecular formula is C27H29BrN2O5. The number of nitrogens with one attached hydrogen (secondary N) is 1. The number of hydrazone groups is 1. The fourth-order valence-electron chi connectivity index (χ4n) is 3.16. The van der Waals surface area contributed by atoms with Gasteiger partial charge in [0.05, 0.1) is 31.0 Å². The Kier molecular flexibility index (Phi) is 9.98. The monoisotopic (exact) mass is 540 g/mol. The molecule has 0 aliphatic heterocycles. The lowest BCUT2D eigenvalue weighted by molar-refractivity contribution is 0.0954. The highest BCUT2D eigenvalue weighted by molar-refractivity contribution is 9.10. The Labute approximate surface area is 214 Å². The first-order valence-corrected chi connectivity index (χ1v) is 12.1. The van der Waals surface area contributed by atoms with Gasteiger partial charge in [-0.15, -0.1) is 0 Å². The van der Waals surface area contributed by atoms with Gasteiger partial charge >= 0.3 is 0 Å². The molecule has 1 amide bonds. The normalized spacial score (nSPS) is 10.7. The van der Waals surface area contributed by atoms with Crippen molar-refractivity contribution in [3.05, 3.63) is 81.8 Å².